The summed E-state index contributed by atoms with van der Waals surface area (Å²) in [7, 11) is 0. The van der Waals surface area contributed by atoms with Crippen LogP contribution in [0.4, 0.5) is 0 Å². The van der Waals surface area contributed by atoms with Gasteiger partial charge < -0.3 is 0 Å². The van der Waals surface area contributed by atoms with Gasteiger partial charge in [-0.25, -0.2) is 4.98 Å². The number of nitrogens with two attached hydrogens (primary N) is 1. The fourth-order valence-electron chi connectivity index (χ4n) is 2.15. The monoisotopic (exact) mass is 347 g/mol. The molecule has 3 N–H and O–H groups in total. The van der Waals surface area contributed by atoms with E-state index >= 15 is 0 Å². The van der Waals surface area contributed by atoms with E-state index in [9.17, 15) is 0 Å². The first-order chi connectivity index (χ1) is 9.76. The van der Waals surface area contributed by atoms with E-state index in [0.717, 1.165) is 27.0 Å². The molecule has 0 spiro atoms. The fourth-order valence-corrected chi connectivity index (χ4v) is 3.43. The lowest BCUT2D eigenvalue weighted by molar-refractivity contribution is 0.551. The van der Waals surface area contributed by atoms with Crippen molar-refractivity contribution in [3.8, 4) is 0 Å². The Bertz CT molecular complexity index is 675. The van der Waals surface area contributed by atoms with Crippen molar-refractivity contribution in [2.75, 3.05) is 0 Å². The number of nitrogens with zero attached hydrogens (tertiary/aromatic N) is 1. The predicted octanol–water partition coefficient (Wildman–Crippen LogP) is 3.81. The largest absolute Gasteiger partial charge is 0.271 e. The van der Waals surface area contributed by atoms with Crippen LogP contribution in [0.3, 0.4) is 0 Å². The van der Waals surface area contributed by atoms with E-state index in [0.29, 0.717) is 0 Å². The van der Waals surface area contributed by atoms with Gasteiger partial charge in [0.2, 0.25) is 0 Å². The lowest BCUT2D eigenvalue weighted by Gasteiger charge is -2.14. The Balaban J connectivity index is 1.85. The number of thiazole rings is 1. The normalized spacial score (nSPS) is 12.7. The lowest BCUT2D eigenvalue weighted by atomic mass is 10.1. The van der Waals surface area contributed by atoms with Crippen LogP contribution >= 0.6 is 27.3 Å². The number of para-hydroxylation sites is 1. The van der Waals surface area contributed by atoms with Crippen molar-refractivity contribution in [2.24, 2.45) is 5.84 Å². The third kappa shape index (κ3) is 2.91. The molecule has 0 aliphatic heterocycles. The molecule has 1 unspecified atom stereocenters. The van der Waals surface area contributed by atoms with Crippen LogP contribution in [0.15, 0.2) is 53.0 Å². The van der Waals surface area contributed by atoms with Crippen LogP contribution < -0.4 is 11.3 Å². The quantitative estimate of drug-likeness (QED) is 0.557. The number of halogens is 1. The average molecular weight is 348 g/mol. The van der Waals surface area contributed by atoms with Crippen LogP contribution in [0.25, 0.3) is 10.2 Å². The molecule has 20 heavy (non-hydrogen) atoms. The Morgan fingerprint density at radius 3 is 2.60 bits per heavy atom. The molecule has 102 valence electrons. The maximum absolute atomic E-state index is 5.70. The number of fused-ring (bicyclic) bond motifs is 1. The summed E-state index contributed by atoms with van der Waals surface area (Å²) < 4.78 is 2.28. The Morgan fingerprint density at radius 1 is 1.15 bits per heavy atom. The van der Waals surface area contributed by atoms with Crippen molar-refractivity contribution < 1.29 is 0 Å². The molecule has 1 heterocycles. The second-order valence-electron chi connectivity index (χ2n) is 4.55. The zero-order valence-corrected chi connectivity index (χ0v) is 13.1. The van der Waals surface area contributed by atoms with Gasteiger partial charge in [0, 0.05) is 10.9 Å². The van der Waals surface area contributed by atoms with E-state index in [4.69, 9.17) is 5.84 Å². The summed E-state index contributed by atoms with van der Waals surface area (Å²) in [4.78, 5) is 4.66. The molecule has 2 aromatic carbocycles. The molecule has 3 nitrogen and oxygen atoms in total. The van der Waals surface area contributed by atoms with Crippen molar-refractivity contribution in [1.29, 1.82) is 0 Å². The van der Waals surface area contributed by atoms with Gasteiger partial charge in [-0.3, -0.25) is 11.3 Å². The molecule has 1 aromatic heterocycles. The van der Waals surface area contributed by atoms with E-state index in [1.54, 1.807) is 11.3 Å². The van der Waals surface area contributed by atoms with Crippen LogP contribution in [0.1, 0.15) is 16.6 Å². The van der Waals surface area contributed by atoms with Gasteiger partial charge in [-0.2, -0.15) is 0 Å². The summed E-state index contributed by atoms with van der Waals surface area (Å²) in [5.41, 5.74) is 5.10. The molecular formula is C15H14BrN3S. The summed E-state index contributed by atoms with van der Waals surface area (Å²) in [6, 6.07) is 16.5. The Labute approximate surface area is 129 Å². The third-order valence-electron chi connectivity index (χ3n) is 3.19. The standard InChI is InChI=1S/C15H14BrN3S/c16-11-7-5-10(6-8-11)13(19-17)9-15-18-12-3-1-2-4-14(12)20-15/h1-8,13,19H,9,17H2. The van der Waals surface area contributed by atoms with Crippen LogP contribution in [0.2, 0.25) is 0 Å². The van der Waals surface area contributed by atoms with Crippen molar-refractivity contribution in [2.45, 2.75) is 12.5 Å². The van der Waals surface area contributed by atoms with E-state index in [1.807, 2.05) is 30.3 Å². The van der Waals surface area contributed by atoms with Gasteiger partial charge in [0.05, 0.1) is 21.3 Å². The highest BCUT2D eigenvalue weighted by molar-refractivity contribution is 9.10. The molecule has 3 rings (SSSR count). The average Bonchev–Trinajstić information content (AvgIpc) is 2.88. The lowest BCUT2D eigenvalue weighted by Crippen LogP contribution is -2.29. The van der Waals surface area contributed by atoms with Crippen LogP contribution in [0.5, 0.6) is 0 Å². The van der Waals surface area contributed by atoms with E-state index in [1.165, 1.54) is 4.70 Å². The first-order valence-electron chi connectivity index (χ1n) is 6.32. The maximum Gasteiger partial charge on any atom is 0.0958 e. The molecule has 0 saturated heterocycles. The van der Waals surface area contributed by atoms with E-state index in [2.05, 4.69) is 44.5 Å². The molecule has 5 heteroatoms. The van der Waals surface area contributed by atoms with Gasteiger partial charge in [-0.1, -0.05) is 40.2 Å². The molecule has 0 aliphatic rings. The molecule has 0 saturated carbocycles. The zero-order chi connectivity index (χ0) is 13.9. The summed E-state index contributed by atoms with van der Waals surface area (Å²) in [6.45, 7) is 0. The molecule has 3 aromatic rings. The number of rotatable bonds is 4. The Morgan fingerprint density at radius 2 is 1.90 bits per heavy atom. The van der Waals surface area contributed by atoms with Gasteiger partial charge in [0.1, 0.15) is 0 Å². The van der Waals surface area contributed by atoms with Crippen LogP contribution in [-0.2, 0) is 6.42 Å². The first-order valence-corrected chi connectivity index (χ1v) is 7.93. The number of hydrogen-bond donors (Lipinski definition) is 2. The number of hydrazine groups is 1. The molecule has 0 radical (unpaired) electrons. The van der Waals surface area contributed by atoms with Crippen molar-refractivity contribution in [3.63, 3.8) is 0 Å². The minimum Gasteiger partial charge on any atom is -0.271 e. The van der Waals surface area contributed by atoms with Gasteiger partial charge in [-0.05, 0) is 29.8 Å². The van der Waals surface area contributed by atoms with Crippen molar-refractivity contribution >= 4 is 37.5 Å². The topological polar surface area (TPSA) is 50.9 Å². The minimum absolute atomic E-state index is 0.0728. The second kappa shape index (κ2) is 6.01. The summed E-state index contributed by atoms with van der Waals surface area (Å²) in [5.74, 6) is 5.70. The highest BCUT2D eigenvalue weighted by atomic mass is 79.9. The predicted molar refractivity (Wildman–Crippen MR) is 87.5 cm³/mol. The van der Waals surface area contributed by atoms with E-state index < -0.39 is 0 Å². The molecule has 0 amide bonds. The molecule has 0 bridgehead atoms. The smallest absolute Gasteiger partial charge is 0.0958 e. The van der Waals surface area contributed by atoms with E-state index in [-0.39, 0.29) is 6.04 Å². The summed E-state index contributed by atoms with van der Waals surface area (Å²) >= 11 is 5.17. The minimum atomic E-state index is 0.0728. The number of nitrogens with one attached hydrogen (secondary N) is 1. The maximum atomic E-state index is 5.70. The zero-order valence-electron chi connectivity index (χ0n) is 10.7. The first kappa shape index (κ1) is 13.7. The molecular weight excluding hydrogens is 334 g/mol. The number of hydrogen-bond acceptors (Lipinski definition) is 4. The Kier molecular flexibility index (Phi) is 4.12. The van der Waals surface area contributed by atoms with Crippen molar-refractivity contribution in [1.82, 2.24) is 10.4 Å². The highest BCUT2D eigenvalue weighted by Gasteiger charge is 2.13. The van der Waals surface area contributed by atoms with Crippen molar-refractivity contribution in [3.05, 3.63) is 63.6 Å². The van der Waals surface area contributed by atoms with Crippen LogP contribution in [-0.4, -0.2) is 4.98 Å². The summed E-state index contributed by atoms with van der Waals surface area (Å²) in [5, 5.41) is 1.09. The van der Waals surface area contributed by atoms with Gasteiger partial charge in [0.25, 0.3) is 0 Å². The highest BCUT2D eigenvalue weighted by Crippen LogP contribution is 2.26. The second-order valence-corrected chi connectivity index (χ2v) is 6.58. The molecule has 0 aliphatic carbocycles. The molecule has 0 fully saturated rings. The Hall–Kier alpha value is -1.27. The number of benzene rings is 2. The van der Waals surface area contributed by atoms with Gasteiger partial charge in [0.15, 0.2) is 0 Å². The van der Waals surface area contributed by atoms with Gasteiger partial charge >= 0.3 is 0 Å². The molecule has 1 atom stereocenters. The van der Waals surface area contributed by atoms with Crippen LogP contribution in [0, 0.1) is 0 Å². The third-order valence-corrected chi connectivity index (χ3v) is 4.78. The van der Waals surface area contributed by atoms with Gasteiger partial charge in [-0.15, -0.1) is 11.3 Å². The SMILES string of the molecule is NNC(Cc1nc2ccccc2s1)c1ccc(Br)cc1. The fraction of sp³-hybridized carbons (Fsp3) is 0.133. The number of aromatic nitrogens is 1. The summed E-state index contributed by atoms with van der Waals surface area (Å²) in [6.07, 6.45) is 0.789.